The molecule has 0 radical (unpaired) electrons. The Hall–Kier alpha value is -3.03. The molecule has 148 valence electrons. The summed E-state index contributed by atoms with van der Waals surface area (Å²) in [6.45, 7) is 5.16. The molecule has 0 saturated heterocycles. The maximum absolute atomic E-state index is 12.8. The summed E-state index contributed by atoms with van der Waals surface area (Å²) in [5.41, 5.74) is 1.50. The molecule has 2 aliphatic rings. The highest BCUT2D eigenvalue weighted by Crippen LogP contribution is 2.45. The number of hydrogen-bond acceptors (Lipinski definition) is 7. The van der Waals surface area contributed by atoms with E-state index in [9.17, 15) is 24.8 Å². The van der Waals surface area contributed by atoms with Crippen molar-refractivity contribution in [2.24, 2.45) is 10.9 Å². The van der Waals surface area contributed by atoms with Crippen LogP contribution in [0.4, 0.5) is 5.69 Å². The first-order valence-electron chi connectivity index (χ1n) is 9.20. The van der Waals surface area contributed by atoms with Crippen LogP contribution in [0.3, 0.4) is 0 Å². The van der Waals surface area contributed by atoms with Gasteiger partial charge in [-0.15, -0.1) is 0 Å². The number of carbonyl (C=O) groups is 2. The average Bonchev–Trinajstić information content (AvgIpc) is 2.60. The van der Waals surface area contributed by atoms with Gasteiger partial charge >= 0.3 is 11.7 Å². The predicted molar refractivity (Wildman–Crippen MR) is 101 cm³/mol. The molecular weight excluding hydrogens is 364 g/mol. The number of hydrogen-bond donors (Lipinski definition) is 1. The van der Waals surface area contributed by atoms with Crippen molar-refractivity contribution in [2.75, 3.05) is 0 Å². The Bertz CT molecular complexity index is 915. The molecule has 3 rings (SSSR count). The zero-order valence-electron chi connectivity index (χ0n) is 16.0. The van der Waals surface area contributed by atoms with Crippen LogP contribution in [-0.4, -0.2) is 33.6 Å². The standard InChI is InChI=1S/C20H22N2O6/c1-10(2)28-20(25)17-11(3)21-13-5-4-6-16(24)19(13)18(17)12-7-8-15(23)14(9-12)22(26)27/h7-10,17-18,23H,4-6H2,1-3H3/t17?,18-/m1/s1. The Labute approximate surface area is 162 Å². The van der Waals surface area contributed by atoms with Gasteiger partial charge in [-0.3, -0.25) is 24.7 Å². The average molecular weight is 386 g/mol. The molecule has 1 unspecified atom stereocenters. The van der Waals surface area contributed by atoms with Crippen LogP contribution >= 0.6 is 0 Å². The molecule has 1 heterocycles. The van der Waals surface area contributed by atoms with Gasteiger partial charge in [-0.1, -0.05) is 6.07 Å². The van der Waals surface area contributed by atoms with Crippen LogP contribution in [0.25, 0.3) is 0 Å². The zero-order chi connectivity index (χ0) is 20.6. The van der Waals surface area contributed by atoms with Crippen molar-refractivity contribution in [3.05, 3.63) is 45.1 Å². The number of carbonyl (C=O) groups excluding carboxylic acids is 2. The van der Waals surface area contributed by atoms with Gasteiger partial charge < -0.3 is 9.84 Å². The summed E-state index contributed by atoms with van der Waals surface area (Å²) in [5.74, 6) is -2.69. The largest absolute Gasteiger partial charge is 0.502 e. The number of rotatable bonds is 4. The summed E-state index contributed by atoms with van der Waals surface area (Å²) in [7, 11) is 0. The number of Topliss-reactive ketones (excluding diaryl/α,β-unsaturated/α-hetero) is 1. The van der Waals surface area contributed by atoms with Crippen molar-refractivity contribution >= 4 is 23.2 Å². The van der Waals surface area contributed by atoms with Crippen molar-refractivity contribution < 1.29 is 24.4 Å². The minimum absolute atomic E-state index is 0.111. The first-order valence-corrected chi connectivity index (χ1v) is 9.20. The molecule has 0 amide bonds. The van der Waals surface area contributed by atoms with Crippen LogP contribution in [0.2, 0.25) is 0 Å². The fourth-order valence-electron chi connectivity index (χ4n) is 3.86. The molecule has 1 aromatic carbocycles. The van der Waals surface area contributed by atoms with E-state index in [0.717, 1.165) is 0 Å². The maximum atomic E-state index is 12.8. The third-order valence-electron chi connectivity index (χ3n) is 5.00. The van der Waals surface area contributed by atoms with Crippen LogP contribution in [0.5, 0.6) is 5.75 Å². The fourth-order valence-corrected chi connectivity index (χ4v) is 3.86. The molecule has 0 spiro atoms. The van der Waals surface area contributed by atoms with E-state index >= 15 is 0 Å². The molecular formula is C20H22N2O6. The van der Waals surface area contributed by atoms with Crippen LogP contribution in [-0.2, 0) is 14.3 Å². The topological polar surface area (TPSA) is 119 Å². The highest BCUT2D eigenvalue weighted by atomic mass is 16.6. The second-order valence-corrected chi connectivity index (χ2v) is 7.34. The van der Waals surface area contributed by atoms with Gasteiger partial charge in [0.25, 0.3) is 0 Å². The van der Waals surface area contributed by atoms with Gasteiger partial charge in [0, 0.05) is 35.4 Å². The number of nitro groups is 1. The molecule has 1 aliphatic heterocycles. The van der Waals surface area contributed by atoms with Gasteiger partial charge in [0.1, 0.15) is 5.92 Å². The summed E-state index contributed by atoms with van der Waals surface area (Å²) in [6.07, 6.45) is 1.28. The summed E-state index contributed by atoms with van der Waals surface area (Å²) < 4.78 is 5.39. The lowest BCUT2D eigenvalue weighted by Crippen LogP contribution is -2.38. The lowest BCUT2D eigenvalue weighted by Gasteiger charge is -2.34. The summed E-state index contributed by atoms with van der Waals surface area (Å²) in [6, 6.07) is 3.95. The molecule has 28 heavy (non-hydrogen) atoms. The second-order valence-electron chi connectivity index (χ2n) is 7.34. The van der Waals surface area contributed by atoms with E-state index < -0.39 is 34.2 Å². The molecule has 8 nitrogen and oxygen atoms in total. The van der Waals surface area contributed by atoms with Crippen LogP contribution in [0.15, 0.2) is 34.5 Å². The Morgan fingerprint density at radius 2 is 2.07 bits per heavy atom. The number of ether oxygens (including phenoxy) is 1. The number of nitro benzene ring substituents is 1. The smallest absolute Gasteiger partial charge is 0.315 e. The Morgan fingerprint density at radius 1 is 1.36 bits per heavy atom. The maximum Gasteiger partial charge on any atom is 0.315 e. The minimum Gasteiger partial charge on any atom is -0.502 e. The SMILES string of the molecule is CC1=NC2=C(C(=O)CCC2)[C@H](c2ccc(O)c([N+](=O)[O-])c2)C1C(=O)OC(C)C. The second kappa shape index (κ2) is 7.53. The monoisotopic (exact) mass is 386 g/mol. The van der Waals surface area contributed by atoms with Gasteiger partial charge in [-0.25, -0.2) is 0 Å². The van der Waals surface area contributed by atoms with Gasteiger partial charge in [0.2, 0.25) is 0 Å². The van der Waals surface area contributed by atoms with Crippen LogP contribution in [0.1, 0.15) is 51.5 Å². The number of aromatic hydroxyl groups is 1. The molecule has 2 atom stereocenters. The van der Waals surface area contributed by atoms with Crippen molar-refractivity contribution in [2.45, 2.75) is 52.1 Å². The summed E-state index contributed by atoms with van der Waals surface area (Å²) in [4.78, 5) is 40.7. The molecule has 0 bridgehead atoms. The Morgan fingerprint density at radius 3 is 2.71 bits per heavy atom. The van der Waals surface area contributed by atoms with Crippen molar-refractivity contribution in [1.29, 1.82) is 0 Å². The highest BCUT2D eigenvalue weighted by molar-refractivity contribution is 6.08. The number of nitrogens with zero attached hydrogens (tertiary/aromatic N) is 2. The van der Waals surface area contributed by atoms with E-state index in [1.165, 1.54) is 18.2 Å². The molecule has 0 saturated carbocycles. The van der Waals surface area contributed by atoms with Gasteiger partial charge in [-0.05, 0) is 45.2 Å². The third kappa shape index (κ3) is 3.54. The molecule has 8 heteroatoms. The minimum atomic E-state index is -0.854. The first kappa shape index (κ1) is 19.7. The fraction of sp³-hybridized carbons (Fsp3) is 0.450. The van der Waals surface area contributed by atoms with E-state index in [2.05, 4.69) is 4.99 Å². The molecule has 0 aromatic heterocycles. The number of phenolic OH excluding ortho intramolecular Hbond substituents is 1. The Balaban J connectivity index is 2.18. The third-order valence-corrected chi connectivity index (χ3v) is 5.00. The van der Waals surface area contributed by atoms with Crippen molar-refractivity contribution in [3.63, 3.8) is 0 Å². The van der Waals surface area contributed by atoms with E-state index in [4.69, 9.17) is 4.74 Å². The van der Waals surface area contributed by atoms with Crippen molar-refractivity contribution in [1.82, 2.24) is 0 Å². The van der Waals surface area contributed by atoms with Gasteiger partial charge in [0.05, 0.1) is 11.0 Å². The number of allylic oxidation sites excluding steroid dienone is 2. The first-order chi connectivity index (χ1) is 13.2. The van der Waals surface area contributed by atoms with E-state index in [1.54, 1.807) is 20.8 Å². The van der Waals surface area contributed by atoms with Gasteiger partial charge in [0.15, 0.2) is 11.5 Å². The number of esters is 1. The van der Waals surface area contributed by atoms with E-state index in [1.807, 2.05) is 0 Å². The van der Waals surface area contributed by atoms with Crippen LogP contribution in [0, 0.1) is 16.0 Å². The predicted octanol–water partition coefficient (Wildman–Crippen LogP) is 3.43. The molecule has 1 aromatic rings. The lowest BCUT2D eigenvalue weighted by atomic mass is 9.71. The highest BCUT2D eigenvalue weighted by Gasteiger charge is 2.43. The summed E-state index contributed by atoms with van der Waals surface area (Å²) >= 11 is 0. The number of phenols is 1. The quantitative estimate of drug-likeness (QED) is 0.481. The number of ketones is 1. The Kier molecular flexibility index (Phi) is 5.31. The summed E-state index contributed by atoms with van der Waals surface area (Å²) in [5, 5.41) is 21.1. The van der Waals surface area contributed by atoms with Crippen LogP contribution < -0.4 is 0 Å². The molecule has 1 N–H and O–H groups in total. The van der Waals surface area contributed by atoms with E-state index in [0.29, 0.717) is 41.8 Å². The number of benzene rings is 1. The van der Waals surface area contributed by atoms with Crippen molar-refractivity contribution in [3.8, 4) is 5.75 Å². The molecule has 1 aliphatic carbocycles. The zero-order valence-corrected chi connectivity index (χ0v) is 16.0. The normalized spacial score (nSPS) is 22.0. The lowest BCUT2D eigenvalue weighted by molar-refractivity contribution is -0.385. The van der Waals surface area contributed by atoms with Gasteiger partial charge in [-0.2, -0.15) is 0 Å². The molecule has 0 fully saturated rings. The van der Waals surface area contributed by atoms with E-state index in [-0.39, 0.29) is 11.9 Å². The number of aliphatic imine (C=N–C) groups is 1.